The highest BCUT2D eigenvalue weighted by Gasteiger charge is 2.29. The summed E-state index contributed by atoms with van der Waals surface area (Å²) in [6, 6.07) is 14.1. The lowest BCUT2D eigenvalue weighted by atomic mass is 9.96. The molecular weight excluding hydrogens is 629 g/mol. The second-order valence-electron chi connectivity index (χ2n) is 12.0. The van der Waals surface area contributed by atoms with Gasteiger partial charge in [0.05, 0.1) is 22.8 Å². The predicted octanol–water partition coefficient (Wildman–Crippen LogP) is 8.35. The van der Waals surface area contributed by atoms with Crippen molar-refractivity contribution >= 4 is 39.2 Å². The molecule has 1 aliphatic heterocycles. The van der Waals surface area contributed by atoms with Crippen LogP contribution in [0.25, 0.3) is 32.8 Å². The Hall–Kier alpha value is -3.92. The maximum Gasteiger partial charge on any atom is 0.352 e. The van der Waals surface area contributed by atoms with Crippen molar-refractivity contribution in [3.63, 3.8) is 0 Å². The number of rotatable bonds is 9. The minimum atomic E-state index is -0.951. The monoisotopic (exact) mass is 677 g/mol. The zero-order valence-corrected chi connectivity index (χ0v) is 28.8. The summed E-state index contributed by atoms with van der Waals surface area (Å²) in [6.07, 6.45) is 2.69. The van der Waals surface area contributed by atoms with Crippen molar-refractivity contribution in [2.45, 2.75) is 67.0 Å². The van der Waals surface area contributed by atoms with Gasteiger partial charge in [-0.2, -0.15) is 5.10 Å². The van der Waals surface area contributed by atoms with Crippen molar-refractivity contribution in [3.8, 4) is 16.9 Å². The summed E-state index contributed by atoms with van der Waals surface area (Å²) in [5, 5.41) is 21.6. The van der Waals surface area contributed by atoms with Crippen LogP contribution in [0.5, 0.6) is 5.75 Å². The topological polar surface area (TPSA) is 84.6 Å². The molecule has 1 aliphatic rings. The Morgan fingerprint density at radius 3 is 2.48 bits per heavy atom. The number of hydrogen-bond acceptors (Lipinski definition) is 5. The number of carboxylic acid groups (broad SMARTS) is 1. The molecule has 5 aromatic rings. The van der Waals surface area contributed by atoms with Gasteiger partial charge in [0.15, 0.2) is 0 Å². The van der Waals surface area contributed by atoms with Crippen LogP contribution in [-0.4, -0.2) is 63.6 Å². The van der Waals surface area contributed by atoms with E-state index in [9.17, 15) is 14.3 Å². The lowest BCUT2D eigenvalue weighted by Crippen LogP contribution is -2.22. The van der Waals surface area contributed by atoms with Gasteiger partial charge in [0.25, 0.3) is 0 Å². The average molecular weight is 678 g/mol. The third-order valence-electron chi connectivity index (χ3n) is 8.78. The summed E-state index contributed by atoms with van der Waals surface area (Å²) in [5.74, 6) is -0.558. The van der Waals surface area contributed by atoms with E-state index < -0.39 is 5.97 Å². The second-order valence-corrected chi connectivity index (χ2v) is 12.4. The molecule has 0 bridgehead atoms. The van der Waals surface area contributed by atoms with Gasteiger partial charge in [-0.3, -0.25) is 4.68 Å². The van der Waals surface area contributed by atoms with E-state index in [1.54, 1.807) is 6.07 Å². The fraction of sp³-hybridized carbons (Fsp3) is 0.421. The number of aromatic carboxylic acids is 1. The molecule has 2 aromatic heterocycles. The van der Waals surface area contributed by atoms with Gasteiger partial charge in [-0.15, -0.1) is 0 Å². The molecule has 0 fully saturated rings. The van der Waals surface area contributed by atoms with Gasteiger partial charge >= 0.3 is 5.97 Å². The van der Waals surface area contributed by atoms with E-state index >= 15 is 0 Å². The van der Waals surface area contributed by atoms with E-state index in [1.807, 2.05) is 46.6 Å². The van der Waals surface area contributed by atoms with Crippen molar-refractivity contribution < 1.29 is 19.0 Å². The molecule has 2 N–H and O–H groups in total. The van der Waals surface area contributed by atoms with Crippen LogP contribution in [-0.2, 0) is 33.0 Å². The lowest BCUT2D eigenvalue weighted by Gasteiger charge is -2.21. The number of aromatic nitrogens is 3. The normalized spacial score (nSPS) is 13.1. The molecule has 0 saturated carbocycles. The molecule has 3 aromatic carbocycles. The Morgan fingerprint density at radius 2 is 1.79 bits per heavy atom. The van der Waals surface area contributed by atoms with Crippen molar-refractivity contribution in [2.24, 2.45) is 7.05 Å². The summed E-state index contributed by atoms with van der Waals surface area (Å²) >= 11 is 6.97. The van der Waals surface area contributed by atoms with Gasteiger partial charge < -0.3 is 24.6 Å². The lowest BCUT2D eigenvalue weighted by molar-refractivity contribution is 0.0684. The Morgan fingerprint density at radius 1 is 1.04 bits per heavy atom. The summed E-state index contributed by atoms with van der Waals surface area (Å²) in [4.78, 5) is 15.1. The average Bonchev–Trinajstić information content (AvgIpc) is 3.52. The largest absolute Gasteiger partial charge is 0.493 e. The number of nitrogens with zero attached hydrogens (tertiary/aromatic N) is 4. The molecule has 258 valence electrons. The number of aryl methyl sites for hydroxylation is 3. The van der Waals surface area contributed by atoms with Crippen LogP contribution in [0.15, 0.2) is 48.5 Å². The van der Waals surface area contributed by atoms with Gasteiger partial charge in [-0.1, -0.05) is 58.0 Å². The first kappa shape index (κ1) is 36.9. The van der Waals surface area contributed by atoms with E-state index in [4.69, 9.17) is 21.4 Å². The van der Waals surface area contributed by atoms with Crippen molar-refractivity contribution in [2.75, 3.05) is 33.3 Å². The third-order valence-corrected chi connectivity index (χ3v) is 9.09. The minimum absolute atomic E-state index is 0. The summed E-state index contributed by atoms with van der Waals surface area (Å²) < 4.78 is 23.7. The van der Waals surface area contributed by atoms with Gasteiger partial charge in [0.1, 0.15) is 17.3 Å². The minimum Gasteiger partial charge on any atom is -0.493 e. The number of carboxylic acids is 1. The Balaban J connectivity index is 0.000000808. The van der Waals surface area contributed by atoms with Crippen LogP contribution in [0.3, 0.4) is 0 Å². The van der Waals surface area contributed by atoms with Crippen LogP contribution in [0.2, 0.25) is 5.02 Å². The molecular formula is C38H49ClFN5O3. The zero-order valence-electron chi connectivity index (χ0n) is 28.0. The Labute approximate surface area is 288 Å². The molecule has 0 spiro atoms. The van der Waals surface area contributed by atoms with E-state index in [-0.39, 0.29) is 13.2 Å². The van der Waals surface area contributed by atoms with E-state index in [2.05, 4.69) is 38.0 Å². The third kappa shape index (κ3) is 7.53. The highest BCUT2D eigenvalue weighted by molar-refractivity contribution is 6.35. The first-order chi connectivity index (χ1) is 22.7. The molecule has 0 aliphatic carbocycles. The van der Waals surface area contributed by atoms with Gasteiger partial charge in [-0.25, -0.2) is 9.18 Å². The molecule has 0 radical (unpaired) electrons. The first-order valence-electron chi connectivity index (χ1n) is 16.5. The van der Waals surface area contributed by atoms with E-state index in [0.29, 0.717) is 49.0 Å². The number of nitrogens with one attached hydrogen (secondary N) is 1. The molecule has 0 unspecified atom stereocenters. The molecule has 8 nitrogen and oxygen atoms in total. The van der Waals surface area contributed by atoms with Crippen molar-refractivity contribution in [3.05, 3.63) is 82.0 Å². The predicted molar refractivity (Wildman–Crippen MR) is 195 cm³/mol. The van der Waals surface area contributed by atoms with E-state index in [1.165, 1.54) is 12.1 Å². The molecule has 10 heteroatoms. The molecule has 48 heavy (non-hydrogen) atoms. The van der Waals surface area contributed by atoms with Crippen LogP contribution >= 0.6 is 11.6 Å². The van der Waals surface area contributed by atoms with Crippen molar-refractivity contribution in [1.29, 1.82) is 0 Å². The number of hydrogen-bond donors (Lipinski definition) is 2. The van der Waals surface area contributed by atoms with Gasteiger partial charge in [-0.05, 0) is 93.6 Å². The maximum absolute atomic E-state index is 13.7. The fourth-order valence-electron chi connectivity index (χ4n) is 6.74. The standard InChI is InChI=1S/C33H34ClFN4O3.C4H11N.CH4/c1-4-27-30-26(36-38(27)3)19-37(2)15-7-16-39-31-24(13-14-25(34)29(30)31)23(32(39)33(40)41)9-6-17-42-28-10-5-8-20-18-21(35)11-12-22(20)28;1-3-5-4-2;/h5,8,10-14,18H,4,6-7,9,15-17,19H2,1-3H3,(H,40,41);5H,3-4H2,1-2H3;1H4. The molecule has 6 rings (SSSR count). The van der Waals surface area contributed by atoms with E-state index in [0.717, 1.165) is 82.2 Å². The van der Waals surface area contributed by atoms with Crippen LogP contribution in [0.1, 0.15) is 68.5 Å². The summed E-state index contributed by atoms with van der Waals surface area (Å²) in [7, 11) is 4.03. The maximum atomic E-state index is 13.7. The second kappa shape index (κ2) is 16.5. The van der Waals surface area contributed by atoms with Crippen LogP contribution < -0.4 is 10.1 Å². The molecule has 0 amide bonds. The smallest absolute Gasteiger partial charge is 0.352 e. The Bertz CT molecular complexity index is 1880. The number of ether oxygens (including phenoxy) is 1. The molecule has 0 saturated heterocycles. The first-order valence-corrected chi connectivity index (χ1v) is 16.9. The summed E-state index contributed by atoms with van der Waals surface area (Å²) in [5.41, 5.74) is 5.83. The summed E-state index contributed by atoms with van der Waals surface area (Å²) in [6.45, 7) is 10.9. The quantitative estimate of drug-likeness (QED) is 0.153. The fourth-order valence-corrected chi connectivity index (χ4v) is 6.99. The highest BCUT2D eigenvalue weighted by Crippen LogP contribution is 2.43. The number of fused-ring (bicyclic) bond motifs is 3. The molecule has 3 heterocycles. The SMILES string of the molecule is C.CCNCC.CCc1c2c(nn1C)CN(C)CCCn1c(C(=O)O)c(CCCOc3cccc4cc(F)ccc34)c3ccc(Cl)c-2c31. The number of halogens is 2. The number of carbonyl (C=O) groups is 1. The molecule has 0 atom stereocenters. The highest BCUT2D eigenvalue weighted by atomic mass is 35.5. The van der Waals surface area contributed by atoms with Crippen molar-refractivity contribution in [1.82, 2.24) is 24.6 Å². The zero-order chi connectivity index (χ0) is 33.7. The van der Waals surface area contributed by atoms with Gasteiger partial charge in [0, 0.05) is 47.7 Å². The Kier molecular flexibility index (Phi) is 12.7. The van der Waals surface area contributed by atoms with Crippen LogP contribution in [0, 0.1) is 5.82 Å². The number of benzene rings is 3. The van der Waals surface area contributed by atoms with Crippen LogP contribution in [0.4, 0.5) is 4.39 Å². The van der Waals surface area contributed by atoms with Gasteiger partial charge in [0.2, 0.25) is 0 Å².